The lowest BCUT2D eigenvalue weighted by Gasteiger charge is -2.16. The monoisotopic (exact) mass is 447 g/mol. The van der Waals surface area contributed by atoms with Gasteiger partial charge in [-0.25, -0.2) is 13.4 Å². The zero-order valence-electron chi connectivity index (χ0n) is 17.2. The van der Waals surface area contributed by atoms with Crippen LogP contribution in [0.4, 0.5) is 11.5 Å². The predicted molar refractivity (Wildman–Crippen MR) is 124 cm³/mol. The third-order valence-corrected chi connectivity index (χ3v) is 6.13. The van der Waals surface area contributed by atoms with E-state index in [2.05, 4.69) is 15.0 Å². The minimum atomic E-state index is -3.79. The van der Waals surface area contributed by atoms with Crippen molar-refractivity contribution >= 4 is 38.2 Å². The molecule has 0 bridgehead atoms. The number of nitrogens with zero attached hydrogens (tertiary/aromatic N) is 1. The van der Waals surface area contributed by atoms with Gasteiger partial charge in [0.15, 0.2) is 6.10 Å². The first kappa shape index (κ1) is 21.3. The van der Waals surface area contributed by atoms with Gasteiger partial charge in [-0.2, -0.15) is 0 Å². The predicted octanol–water partition coefficient (Wildman–Crippen LogP) is 4.44. The quantitative estimate of drug-likeness (QED) is 0.436. The Morgan fingerprint density at radius 2 is 1.62 bits per heavy atom. The summed E-state index contributed by atoms with van der Waals surface area (Å²) in [5.74, 6) is 0.497. The largest absolute Gasteiger partial charge is 0.480 e. The van der Waals surface area contributed by atoms with Crippen LogP contribution in [0.25, 0.3) is 10.8 Å². The summed E-state index contributed by atoms with van der Waals surface area (Å²) in [5, 5.41) is 4.69. The Morgan fingerprint density at radius 1 is 0.906 bits per heavy atom. The maximum atomic E-state index is 12.6. The van der Waals surface area contributed by atoms with Crippen molar-refractivity contribution in [2.75, 3.05) is 10.0 Å². The molecular weight excluding hydrogens is 426 g/mol. The Hall–Kier alpha value is -3.91. The summed E-state index contributed by atoms with van der Waals surface area (Å²) in [7, 11) is -3.79. The molecular formula is C24H21N3O4S. The van der Waals surface area contributed by atoms with Crippen molar-refractivity contribution in [1.82, 2.24) is 4.98 Å². The number of carbonyl (C=O) groups is 1. The van der Waals surface area contributed by atoms with Crippen LogP contribution in [0.3, 0.4) is 0 Å². The first-order valence-corrected chi connectivity index (χ1v) is 11.4. The molecule has 0 aliphatic rings. The van der Waals surface area contributed by atoms with E-state index in [1.165, 1.54) is 30.5 Å². The molecule has 32 heavy (non-hydrogen) atoms. The van der Waals surface area contributed by atoms with Crippen molar-refractivity contribution in [3.05, 3.63) is 91.1 Å². The van der Waals surface area contributed by atoms with Crippen LogP contribution in [0.5, 0.6) is 5.75 Å². The van der Waals surface area contributed by atoms with E-state index in [1.807, 2.05) is 42.5 Å². The SMILES string of the molecule is C[C@H](Oc1cccc2ccccc12)C(=O)Nc1ccc(S(=O)(=O)Nc2ccccn2)cc1. The van der Waals surface area contributed by atoms with Gasteiger partial charge >= 0.3 is 0 Å². The Morgan fingerprint density at radius 3 is 2.38 bits per heavy atom. The van der Waals surface area contributed by atoms with E-state index in [9.17, 15) is 13.2 Å². The molecule has 0 unspecified atom stereocenters. The highest BCUT2D eigenvalue weighted by Crippen LogP contribution is 2.26. The summed E-state index contributed by atoms with van der Waals surface area (Å²) in [6, 6.07) is 24.3. The first-order chi connectivity index (χ1) is 15.4. The number of rotatable bonds is 7. The first-order valence-electron chi connectivity index (χ1n) is 9.91. The minimum absolute atomic E-state index is 0.0567. The van der Waals surface area contributed by atoms with Gasteiger partial charge in [0.05, 0.1) is 4.90 Å². The fourth-order valence-electron chi connectivity index (χ4n) is 3.12. The van der Waals surface area contributed by atoms with E-state index in [4.69, 9.17) is 4.74 Å². The number of pyridine rings is 1. The van der Waals surface area contributed by atoms with Gasteiger partial charge in [-0.1, -0.05) is 42.5 Å². The molecule has 1 aromatic heterocycles. The minimum Gasteiger partial charge on any atom is -0.480 e. The molecule has 1 atom stereocenters. The number of fused-ring (bicyclic) bond motifs is 1. The average Bonchev–Trinajstić information content (AvgIpc) is 2.80. The Balaban J connectivity index is 1.42. The van der Waals surface area contributed by atoms with E-state index in [0.29, 0.717) is 11.4 Å². The standard InChI is InChI=1S/C24H21N3O4S/c1-17(31-22-10-6-8-18-7-2-3-9-21(18)22)24(28)26-19-12-14-20(15-13-19)32(29,30)27-23-11-4-5-16-25-23/h2-17H,1H3,(H,25,27)(H,26,28)/t17-/m0/s1. The molecule has 4 rings (SSSR count). The molecule has 0 saturated carbocycles. The van der Waals surface area contributed by atoms with E-state index >= 15 is 0 Å². The summed E-state index contributed by atoms with van der Waals surface area (Å²) in [5.41, 5.74) is 0.458. The second kappa shape index (κ2) is 9.07. The molecule has 0 aliphatic carbocycles. The molecule has 1 amide bonds. The number of ether oxygens (including phenoxy) is 1. The third-order valence-electron chi connectivity index (χ3n) is 4.76. The Kier molecular flexibility index (Phi) is 6.04. The number of anilines is 2. The highest BCUT2D eigenvalue weighted by molar-refractivity contribution is 7.92. The number of benzene rings is 3. The van der Waals surface area contributed by atoms with Gasteiger partial charge in [-0.05, 0) is 54.8 Å². The molecule has 162 valence electrons. The van der Waals surface area contributed by atoms with Gasteiger partial charge in [-0.3, -0.25) is 9.52 Å². The van der Waals surface area contributed by atoms with Gasteiger partial charge < -0.3 is 10.1 Å². The van der Waals surface area contributed by atoms with Gasteiger partial charge in [0, 0.05) is 17.3 Å². The fraction of sp³-hybridized carbons (Fsp3) is 0.0833. The maximum absolute atomic E-state index is 12.6. The highest BCUT2D eigenvalue weighted by atomic mass is 32.2. The molecule has 7 nitrogen and oxygen atoms in total. The lowest BCUT2D eigenvalue weighted by Crippen LogP contribution is -2.30. The number of sulfonamides is 1. The van der Waals surface area contributed by atoms with Crippen molar-refractivity contribution in [2.24, 2.45) is 0 Å². The highest BCUT2D eigenvalue weighted by Gasteiger charge is 2.18. The van der Waals surface area contributed by atoms with Gasteiger partial charge in [-0.15, -0.1) is 0 Å². The van der Waals surface area contributed by atoms with E-state index in [1.54, 1.807) is 25.1 Å². The number of amides is 1. The number of hydrogen-bond donors (Lipinski definition) is 2. The molecule has 3 aromatic carbocycles. The van der Waals surface area contributed by atoms with Crippen LogP contribution in [0.2, 0.25) is 0 Å². The summed E-state index contributed by atoms with van der Waals surface area (Å²) < 4.78 is 33.3. The average molecular weight is 448 g/mol. The summed E-state index contributed by atoms with van der Waals surface area (Å²) in [4.78, 5) is 16.6. The number of nitrogens with one attached hydrogen (secondary N) is 2. The number of carbonyl (C=O) groups excluding carboxylic acids is 1. The zero-order chi connectivity index (χ0) is 22.6. The molecule has 1 heterocycles. The molecule has 0 spiro atoms. The van der Waals surface area contributed by atoms with Crippen molar-refractivity contribution in [2.45, 2.75) is 17.9 Å². The van der Waals surface area contributed by atoms with Crippen molar-refractivity contribution in [3.8, 4) is 5.75 Å². The topological polar surface area (TPSA) is 97.4 Å². The van der Waals surface area contributed by atoms with Crippen LogP contribution in [0.15, 0.2) is 96.0 Å². The molecule has 0 fully saturated rings. The number of hydrogen-bond acceptors (Lipinski definition) is 5. The lowest BCUT2D eigenvalue weighted by atomic mass is 10.1. The number of aromatic nitrogens is 1. The van der Waals surface area contributed by atoms with Gasteiger partial charge in [0.1, 0.15) is 11.6 Å². The van der Waals surface area contributed by atoms with Crippen LogP contribution in [0, 0.1) is 0 Å². The second-order valence-electron chi connectivity index (χ2n) is 7.07. The molecule has 0 radical (unpaired) electrons. The van der Waals surface area contributed by atoms with Crippen molar-refractivity contribution in [1.29, 1.82) is 0 Å². The smallest absolute Gasteiger partial charge is 0.265 e. The second-order valence-corrected chi connectivity index (χ2v) is 8.75. The van der Waals surface area contributed by atoms with Gasteiger partial charge in [0.2, 0.25) is 0 Å². The normalized spacial score (nSPS) is 12.2. The zero-order valence-corrected chi connectivity index (χ0v) is 18.0. The Labute approximate surface area is 186 Å². The van der Waals surface area contributed by atoms with Crippen molar-refractivity contribution in [3.63, 3.8) is 0 Å². The van der Waals surface area contributed by atoms with Crippen LogP contribution < -0.4 is 14.8 Å². The van der Waals surface area contributed by atoms with E-state index in [-0.39, 0.29) is 16.6 Å². The third kappa shape index (κ3) is 4.87. The molecule has 0 aliphatic heterocycles. The van der Waals surface area contributed by atoms with E-state index in [0.717, 1.165) is 10.8 Å². The van der Waals surface area contributed by atoms with Gasteiger partial charge in [0.25, 0.3) is 15.9 Å². The van der Waals surface area contributed by atoms with E-state index < -0.39 is 16.1 Å². The van der Waals surface area contributed by atoms with Crippen molar-refractivity contribution < 1.29 is 17.9 Å². The molecule has 2 N–H and O–H groups in total. The lowest BCUT2D eigenvalue weighted by molar-refractivity contribution is -0.122. The van der Waals surface area contributed by atoms with Crippen LogP contribution in [-0.4, -0.2) is 25.4 Å². The van der Waals surface area contributed by atoms with Crippen LogP contribution in [-0.2, 0) is 14.8 Å². The summed E-state index contributed by atoms with van der Waals surface area (Å²) >= 11 is 0. The Bertz CT molecular complexity index is 1340. The molecule has 8 heteroatoms. The summed E-state index contributed by atoms with van der Waals surface area (Å²) in [6.07, 6.45) is 0.743. The molecule has 4 aromatic rings. The molecule has 0 saturated heterocycles. The summed E-state index contributed by atoms with van der Waals surface area (Å²) in [6.45, 7) is 1.66. The fourth-order valence-corrected chi connectivity index (χ4v) is 4.13. The maximum Gasteiger partial charge on any atom is 0.265 e. The van der Waals surface area contributed by atoms with Crippen LogP contribution in [0.1, 0.15) is 6.92 Å². The van der Waals surface area contributed by atoms with Crippen LogP contribution >= 0.6 is 0 Å².